The van der Waals surface area contributed by atoms with E-state index in [0.717, 1.165) is 64.0 Å². The Balaban J connectivity index is 1.28. The molecule has 2 aromatic carbocycles. The number of piperidine rings is 1. The zero-order chi connectivity index (χ0) is 29.7. The van der Waals surface area contributed by atoms with Crippen LogP contribution in [0.1, 0.15) is 60.4 Å². The van der Waals surface area contributed by atoms with Crippen molar-refractivity contribution in [1.82, 2.24) is 24.9 Å². The van der Waals surface area contributed by atoms with Crippen molar-refractivity contribution in [3.8, 4) is 0 Å². The molecule has 3 saturated heterocycles. The molecule has 1 atom stereocenters. The van der Waals surface area contributed by atoms with Gasteiger partial charge in [0.25, 0.3) is 5.91 Å². The highest BCUT2D eigenvalue weighted by Crippen LogP contribution is 2.35. The molecule has 0 aromatic heterocycles. The van der Waals surface area contributed by atoms with Crippen molar-refractivity contribution in [3.05, 3.63) is 69.7 Å². The van der Waals surface area contributed by atoms with E-state index in [9.17, 15) is 14.4 Å². The largest absolute Gasteiger partial charge is 0.341 e. The highest BCUT2D eigenvalue weighted by molar-refractivity contribution is 6.42. The van der Waals surface area contributed by atoms with Gasteiger partial charge in [-0.25, -0.2) is 4.79 Å². The van der Waals surface area contributed by atoms with Crippen LogP contribution < -0.4 is 5.32 Å². The van der Waals surface area contributed by atoms with Crippen molar-refractivity contribution < 1.29 is 14.4 Å². The highest BCUT2D eigenvalue weighted by Gasteiger charge is 2.50. The first-order valence-electron chi connectivity index (χ1n) is 15.1. The van der Waals surface area contributed by atoms with E-state index in [2.05, 4.69) is 10.2 Å². The number of nitrogens with one attached hydrogen (secondary N) is 1. The lowest BCUT2D eigenvalue weighted by molar-refractivity contribution is -0.145. The van der Waals surface area contributed by atoms with Crippen molar-refractivity contribution in [1.29, 1.82) is 0 Å². The molecular formula is C32H41Cl2N5O3. The summed E-state index contributed by atoms with van der Waals surface area (Å²) in [6, 6.07) is 14.9. The van der Waals surface area contributed by atoms with Crippen LogP contribution in [0.3, 0.4) is 0 Å². The van der Waals surface area contributed by atoms with Gasteiger partial charge in [0.2, 0.25) is 5.91 Å². The van der Waals surface area contributed by atoms with E-state index in [1.807, 2.05) is 65.4 Å². The molecule has 0 radical (unpaired) electrons. The molecule has 5 rings (SSSR count). The van der Waals surface area contributed by atoms with Crippen LogP contribution in [0, 0.1) is 0 Å². The third-order valence-electron chi connectivity index (χ3n) is 9.14. The topological polar surface area (TPSA) is 76.2 Å². The first-order chi connectivity index (χ1) is 20.3. The van der Waals surface area contributed by atoms with Crippen LogP contribution in [0.5, 0.6) is 0 Å². The molecule has 42 heavy (non-hydrogen) atoms. The van der Waals surface area contributed by atoms with Crippen molar-refractivity contribution in [2.45, 2.75) is 50.0 Å². The van der Waals surface area contributed by atoms with Gasteiger partial charge in [-0.05, 0) is 74.9 Å². The average molecular weight is 615 g/mol. The fourth-order valence-electron chi connectivity index (χ4n) is 6.68. The molecule has 0 spiro atoms. The first kappa shape index (κ1) is 30.6. The van der Waals surface area contributed by atoms with Crippen LogP contribution in [-0.4, -0.2) is 102 Å². The lowest BCUT2D eigenvalue weighted by Gasteiger charge is -2.50. The van der Waals surface area contributed by atoms with Gasteiger partial charge in [0.05, 0.1) is 10.0 Å². The third-order valence-corrected chi connectivity index (χ3v) is 9.88. The summed E-state index contributed by atoms with van der Waals surface area (Å²) in [5, 5.41) is 3.97. The average Bonchev–Trinajstić information content (AvgIpc) is 3.56. The molecule has 8 nitrogen and oxygen atoms in total. The van der Waals surface area contributed by atoms with E-state index in [-0.39, 0.29) is 23.8 Å². The maximum absolute atomic E-state index is 13.9. The van der Waals surface area contributed by atoms with Crippen molar-refractivity contribution in [2.75, 3.05) is 59.4 Å². The number of benzene rings is 2. The molecule has 0 bridgehead atoms. The summed E-state index contributed by atoms with van der Waals surface area (Å²) >= 11 is 12.6. The van der Waals surface area contributed by atoms with Gasteiger partial charge in [-0.3, -0.25) is 9.59 Å². The third kappa shape index (κ3) is 6.71. The molecule has 0 aliphatic carbocycles. The molecule has 2 aromatic rings. The van der Waals surface area contributed by atoms with Gasteiger partial charge in [-0.15, -0.1) is 0 Å². The fraction of sp³-hybridized carbons (Fsp3) is 0.531. The number of hydrogen-bond donors (Lipinski definition) is 1. The molecule has 3 aliphatic rings. The Hall–Kier alpha value is -2.81. The Labute approximate surface area is 258 Å². The number of likely N-dealkylation sites (N-methyl/N-ethyl adjacent to an activating group) is 1. The van der Waals surface area contributed by atoms with E-state index >= 15 is 0 Å². The van der Waals surface area contributed by atoms with E-state index in [4.69, 9.17) is 23.2 Å². The van der Waals surface area contributed by atoms with Gasteiger partial charge in [-0.1, -0.05) is 47.5 Å². The number of amides is 4. The second-order valence-corrected chi connectivity index (χ2v) is 12.6. The summed E-state index contributed by atoms with van der Waals surface area (Å²) in [5.74, 6) is 0.137. The van der Waals surface area contributed by atoms with Crippen LogP contribution in [0.15, 0.2) is 48.5 Å². The fourth-order valence-corrected chi connectivity index (χ4v) is 6.99. The summed E-state index contributed by atoms with van der Waals surface area (Å²) in [6.45, 7) is 5.63. The second-order valence-electron chi connectivity index (χ2n) is 11.8. The predicted molar refractivity (Wildman–Crippen MR) is 166 cm³/mol. The van der Waals surface area contributed by atoms with Gasteiger partial charge in [0.15, 0.2) is 0 Å². The molecule has 226 valence electrons. The quantitative estimate of drug-likeness (QED) is 0.426. The van der Waals surface area contributed by atoms with Gasteiger partial charge < -0.3 is 24.9 Å². The maximum atomic E-state index is 13.9. The normalized spacial score (nSPS) is 19.8. The Morgan fingerprint density at radius 3 is 2.33 bits per heavy atom. The van der Waals surface area contributed by atoms with Gasteiger partial charge >= 0.3 is 6.03 Å². The number of carbonyl (C=O) groups excluding carboxylic acids is 3. The molecule has 1 unspecified atom stereocenters. The summed E-state index contributed by atoms with van der Waals surface area (Å²) in [6.07, 6.45) is 4.96. The summed E-state index contributed by atoms with van der Waals surface area (Å²) in [4.78, 5) is 48.0. The number of carbonyl (C=O) groups is 3. The number of rotatable bonds is 9. The zero-order valence-electron chi connectivity index (χ0n) is 24.4. The van der Waals surface area contributed by atoms with E-state index in [0.29, 0.717) is 48.1 Å². The number of urea groups is 1. The molecule has 3 aliphatic heterocycles. The summed E-state index contributed by atoms with van der Waals surface area (Å²) < 4.78 is 0. The number of nitrogens with zero attached hydrogens (tertiary/aromatic N) is 4. The van der Waals surface area contributed by atoms with Crippen LogP contribution in [0.4, 0.5) is 4.79 Å². The Bertz CT molecular complexity index is 1260. The predicted octanol–water partition coefficient (Wildman–Crippen LogP) is 5.11. The van der Waals surface area contributed by atoms with Crippen molar-refractivity contribution in [2.24, 2.45) is 0 Å². The summed E-state index contributed by atoms with van der Waals surface area (Å²) in [5.41, 5.74) is 0.916. The number of hydrogen-bond acceptors (Lipinski definition) is 4. The highest BCUT2D eigenvalue weighted by atomic mass is 35.5. The summed E-state index contributed by atoms with van der Waals surface area (Å²) in [7, 11) is 1.84. The SMILES string of the molecule is CN(CC(CCN1CCC(C(=O)N2CCCC2)(N2CCCNC2=O)CC1)c1ccc(Cl)c(Cl)c1)C(=O)c1ccccc1. The van der Waals surface area contributed by atoms with E-state index < -0.39 is 5.54 Å². The number of likely N-dealkylation sites (tertiary alicyclic amines) is 2. The molecular weight excluding hydrogens is 573 g/mol. The lowest BCUT2D eigenvalue weighted by Crippen LogP contribution is -2.68. The van der Waals surface area contributed by atoms with Gasteiger partial charge in [0.1, 0.15) is 5.54 Å². The van der Waals surface area contributed by atoms with E-state index in [1.165, 1.54) is 0 Å². The monoisotopic (exact) mass is 613 g/mol. The van der Waals surface area contributed by atoms with Crippen LogP contribution in [0.2, 0.25) is 10.0 Å². The number of halogens is 2. The van der Waals surface area contributed by atoms with Gasteiger partial charge in [0, 0.05) is 64.3 Å². The minimum Gasteiger partial charge on any atom is -0.341 e. The molecule has 3 fully saturated rings. The first-order valence-corrected chi connectivity index (χ1v) is 15.9. The smallest absolute Gasteiger partial charge is 0.318 e. The lowest BCUT2D eigenvalue weighted by atomic mass is 9.83. The maximum Gasteiger partial charge on any atom is 0.318 e. The Kier molecular flexibility index (Phi) is 9.96. The minimum atomic E-state index is -0.781. The Morgan fingerprint density at radius 1 is 0.952 bits per heavy atom. The molecule has 4 amide bonds. The minimum absolute atomic E-state index is 0.0244. The molecule has 3 heterocycles. The van der Waals surface area contributed by atoms with Crippen LogP contribution in [0.25, 0.3) is 0 Å². The van der Waals surface area contributed by atoms with E-state index in [1.54, 1.807) is 4.90 Å². The van der Waals surface area contributed by atoms with Gasteiger partial charge in [-0.2, -0.15) is 0 Å². The second kappa shape index (κ2) is 13.7. The standard InChI is InChI=1S/C32H41Cl2N5O3/c1-36(29(40)24-8-3-2-4-9-24)23-26(25-10-11-27(33)28(34)22-25)12-19-37-20-13-32(14-21-37,30(41)38-16-5-6-17-38)39-18-7-15-35-31(39)42/h2-4,8-11,22,26H,5-7,12-21,23H2,1H3,(H,35,42). The zero-order valence-corrected chi connectivity index (χ0v) is 25.9. The molecule has 0 saturated carbocycles. The van der Waals surface area contributed by atoms with Crippen molar-refractivity contribution in [3.63, 3.8) is 0 Å². The molecule has 10 heteroatoms. The van der Waals surface area contributed by atoms with Crippen LogP contribution in [-0.2, 0) is 4.79 Å². The van der Waals surface area contributed by atoms with Crippen molar-refractivity contribution >= 4 is 41.0 Å². The Morgan fingerprint density at radius 2 is 1.67 bits per heavy atom. The van der Waals surface area contributed by atoms with Crippen LogP contribution >= 0.6 is 23.2 Å². The molecule has 1 N–H and O–H groups in total.